The van der Waals surface area contributed by atoms with Gasteiger partial charge in [-0.15, -0.1) is 0 Å². The van der Waals surface area contributed by atoms with Crippen molar-refractivity contribution in [1.82, 2.24) is 0 Å². The molecule has 1 aliphatic heterocycles. The monoisotopic (exact) mass is 180 g/mol. The molecule has 0 aromatic rings. The van der Waals surface area contributed by atoms with E-state index >= 15 is 0 Å². The molecule has 10 heavy (non-hydrogen) atoms. The van der Waals surface area contributed by atoms with E-state index in [1.165, 1.54) is 19.3 Å². The van der Waals surface area contributed by atoms with E-state index in [0.29, 0.717) is 0 Å². The zero-order chi connectivity index (χ0) is 7.40. The molecule has 0 unspecified atom stereocenters. The quantitative estimate of drug-likeness (QED) is 0.494. The van der Waals surface area contributed by atoms with Crippen LogP contribution < -0.4 is 0 Å². The second kappa shape index (κ2) is 4.41. The third kappa shape index (κ3) is 3.08. The van der Waals surface area contributed by atoms with Gasteiger partial charge in [0.2, 0.25) is 0 Å². The van der Waals surface area contributed by atoms with E-state index < -0.39 is 17.6 Å². The Bertz CT molecular complexity index is 94.9. The molecular weight excluding hydrogens is 167 g/mol. The van der Waals surface area contributed by atoms with Crippen molar-refractivity contribution in [3.63, 3.8) is 0 Å². The molecule has 0 atom stereocenters. The predicted molar refractivity (Wildman–Crippen MR) is 43.1 cm³/mol. The summed E-state index contributed by atoms with van der Waals surface area (Å²) in [7, 11) is -3.22. The first-order chi connectivity index (χ1) is 4.79. The number of hydrogen-bond donors (Lipinski definition) is 2. The second-order valence-electron chi connectivity index (χ2n) is 2.62. The van der Waals surface area contributed by atoms with Crippen molar-refractivity contribution in [3.8, 4) is 0 Å². The Labute approximate surface area is 63.8 Å². The van der Waals surface area contributed by atoms with Gasteiger partial charge in [0.25, 0.3) is 0 Å². The van der Waals surface area contributed by atoms with Crippen LogP contribution in [0.3, 0.4) is 0 Å². The van der Waals surface area contributed by atoms with Gasteiger partial charge in [0, 0.05) is 0 Å². The van der Waals surface area contributed by atoms with E-state index in [1.807, 2.05) is 0 Å². The molecule has 0 aliphatic carbocycles. The SMILES string of the molecule is OP(O)O[SiH]1CCCCC1. The van der Waals surface area contributed by atoms with Crippen molar-refractivity contribution in [3.05, 3.63) is 0 Å². The van der Waals surface area contributed by atoms with Crippen LogP contribution in [0.2, 0.25) is 12.1 Å². The molecule has 1 rings (SSSR count). The fourth-order valence-corrected chi connectivity index (χ4v) is 4.99. The van der Waals surface area contributed by atoms with Gasteiger partial charge in [-0.05, 0) is 12.1 Å². The minimum absolute atomic E-state index is 1.12. The van der Waals surface area contributed by atoms with Crippen molar-refractivity contribution in [1.29, 1.82) is 0 Å². The van der Waals surface area contributed by atoms with Gasteiger partial charge >= 0.3 is 8.60 Å². The van der Waals surface area contributed by atoms with E-state index in [9.17, 15) is 0 Å². The average molecular weight is 180 g/mol. The summed E-state index contributed by atoms with van der Waals surface area (Å²) in [6, 6.07) is 2.25. The van der Waals surface area contributed by atoms with Gasteiger partial charge in [-0.1, -0.05) is 19.3 Å². The lowest BCUT2D eigenvalue weighted by Gasteiger charge is -2.19. The summed E-state index contributed by atoms with van der Waals surface area (Å²) in [6.07, 6.45) is 3.74. The largest absolute Gasteiger partial charge is 0.358 e. The summed E-state index contributed by atoms with van der Waals surface area (Å²) in [5.41, 5.74) is 0. The molecule has 0 radical (unpaired) electrons. The van der Waals surface area contributed by atoms with E-state index in [0.717, 1.165) is 12.1 Å². The smallest absolute Gasteiger partial charge is 0.315 e. The zero-order valence-electron chi connectivity index (χ0n) is 5.86. The highest BCUT2D eigenvalue weighted by molar-refractivity contribution is 7.41. The minimum Gasteiger partial charge on any atom is -0.358 e. The second-order valence-corrected chi connectivity index (χ2v) is 6.37. The van der Waals surface area contributed by atoms with Crippen LogP contribution in [-0.2, 0) is 4.21 Å². The summed E-state index contributed by atoms with van der Waals surface area (Å²) in [5, 5.41) is 0. The van der Waals surface area contributed by atoms with Crippen LogP contribution in [0, 0.1) is 0 Å². The maximum atomic E-state index is 8.54. The lowest BCUT2D eigenvalue weighted by molar-refractivity contribution is 0.372. The molecule has 1 saturated heterocycles. The minimum atomic E-state index is -2.06. The summed E-state index contributed by atoms with van der Waals surface area (Å²) in [4.78, 5) is 17.1. The Hall–Kier alpha value is 0.527. The van der Waals surface area contributed by atoms with Crippen molar-refractivity contribution < 1.29 is 14.0 Å². The summed E-state index contributed by atoms with van der Waals surface area (Å²) in [5.74, 6) is 0. The van der Waals surface area contributed by atoms with E-state index in [2.05, 4.69) is 0 Å². The normalized spacial score (nSPS) is 21.9. The lowest BCUT2D eigenvalue weighted by atomic mass is 10.3. The molecule has 1 fully saturated rings. The molecule has 1 heterocycles. The first-order valence-electron chi connectivity index (χ1n) is 3.63. The molecule has 0 spiro atoms. The molecule has 5 heteroatoms. The summed E-state index contributed by atoms with van der Waals surface area (Å²) >= 11 is 0. The highest BCUT2D eigenvalue weighted by atomic mass is 31.2. The van der Waals surface area contributed by atoms with Crippen molar-refractivity contribution in [2.45, 2.75) is 31.4 Å². The van der Waals surface area contributed by atoms with Gasteiger partial charge in [-0.25, -0.2) is 0 Å². The third-order valence-corrected chi connectivity index (χ3v) is 5.85. The summed E-state index contributed by atoms with van der Waals surface area (Å²) in [6.45, 7) is 0. The van der Waals surface area contributed by atoms with Crippen LogP contribution in [-0.4, -0.2) is 18.8 Å². The first-order valence-corrected chi connectivity index (χ1v) is 6.90. The van der Waals surface area contributed by atoms with Crippen LogP contribution >= 0.6 is 8.60 Å². The van der Waals surface area contributed by atoms with Crippen LogP contribution in [0.15, 0.2) is 0 Å². The molecule has 0 saturated carbocycles. The maximum Gasteiger partial charge on any atom is 0.315 e. The van der Waals surface area contributed by atoms with Crippen LogP contribution in [0.1, 0.15) is 19.3 Å². The Morgan fingerprint density at radius 2 is 1.70 bits per heavy atom. The van der Waals surface area contributed by atoms with Crippen molar-refractivity contribution >= 4 is 17.6 Å². The van der Waals surface area contributed by atoms with E-state index in [4.69, 9.17) is 14.0 Å². The molecule has 0 amide bonds. The molecule has 2 N–H and O–H groups in total. The first kappa shape index (κ1) is 8.62. The Morgan fingerprint density at radius 1 is 1.10 bits per heavy atom. The highest BCUT2D eigenvalue weighted by Gasteiger charge is 2.18. The fourth-order valence-electron chi connectivity index (χ4n) is 1.30. The standard InChI is InChI=1S/C5H13O3PSi/c6-9(7)8-10-4-2-1-3-5-10/h6-7,10H,1-5H2. The van der Waals surface area contributed by atoms with Crippen LogP contribution in [0.25, 0.3) is 0 Å². The Kier molecular flexibility index (Phi) is 3.81. The van der Waals surface area contributed by atoms with Gasteiger partial charge < -0.3 is 14.0 Å². The maximum absolute atomic E-state index is 8.54. The Morgan fingerprint density at radius 3 is 2.20 bits per heavy atom. The Balaban J connectivity index is 2.13. The molecular formula is C5H13O3PSi. The molecule has 1 aliphatic rings. The van der Waals surface area contributed by atoms with Gasteiger partial charge in [0.15, 0.2) is 9.04 Å². The van der Waals surface area contributed by atoms with Crippen LogP contribution in [0.4, 0.5) is 0 Å². The molecule has 0 aromatic heterocycles. The molecule has 0 aromatic carbocycles. The van der Waals surface area contributed by atoms with Crippen molar-refractivity contribution in [2.24, 2.45) is 0 Å². The van der Waals surface area contributed by atoms with Crippen LogP contribution in [0.5, 0.6) is 0 Å². The molecule has 60 valence electrons. The van der Waals surface area contributed by atoms with Crippen molar-refractivity contribution in [2.75, 3.05) is 0 Å². The zero-order valence-corrected chi connectivity index (χ0v) is 7.91. The molecule has 3 nitrogen and oxygen atoms in total. The van der Waals surface area contributed by atoms with Gasteiger partial charge in [-0.3, -0.25) is 0 Å². The lowest BCUT2D eigenvalue weighted by Crippen LogP contribution is -2.18. The molecule has 0 bridgehead atoms. The number of hydrogen-bond acceptors (Lipinski definition) is 3. The van der Waals surface area contributed by atoms with Gasteiger partial charge in [0.1, 0.15) is 0 Å². The highest BCUT2D eigenvalue weighted by Crippen LogP contribution is 2.31. The third-order valence-electron chi connectivity index (χ3n) is 1.80. The predicted octanol–water partition coefficient (Wildman–Crippen LogP) is 1.12. The topological polar surface area (TPSA) is 49.7 Å². The van der Waals surface area contributed by atoms with E-state index in [1.54, 1.807) is 0 Å². The average Bonchev–Trinajstić information content (AvgIpc) is 1.88. The fraction of sp³-hybridized carbons (Fsp3) is 1.00. The van der Waals surface area contributed by atoms with Gasteiger partial charge in [-0.2, -0.15) is 0 Å². The van der Waals surface area contributed by atoms with E-state index in [-0.39, 0.29) is 0 Å². The van der Waals surface area contributed by atoms with Gasteiger partial charge in [0.05, 0.1) is 0 Å². The number of rotatable bonds is 2. The summed E-state index contributed by atoms with van der Waals surface area (Å²) < 4.78 is 5.01.